The van der Waals surface area contributed by atoms with Crippen LogP contribution in [0.4, 0.5) is 0 Å². The van der Waals surface area contributed by atoms with Crippen molar-refractivity contribution >= 4 is 12.4 Å². The van der Waals surface area contributed by atoms with Gasteiger partial charge in [0, 0.05) is 6.92 Å². The second-order valence-corrected chi connectivity index (χ2v) is 3.49. The van der Waals surface area contributed by atoms with Gasteiger partial charge >= 0.3 is 5.97 Å². The molecule has 0 fully saturated rings. The van der Waals surface area contributed by atoms with E-state index in [9.17, 15) is 9.59 Å². The summed E-state index contributed by atoms with van der Waals surface area (Å²) in [5.74, 6) is 0.428. The van der Waals surface area contributed by atoms with E-state index in [1.807, 2.05) is 6.92 Å². The van der Waals surface area contributed by atoms with Crippen molar-refractivity contribution in [2.75, 3.05) is 13.2 Å². The Hall–Kier alpha value is -1.06. The molecule has 0 aliphatic heterocycles. The Balaban J connectivity index is 0. The molecule has 0 N–H and O–H groups in total. The first-order valence-electron chi connectivity index (χ1n) is 5.23. The van der Waals surface area contributed by atoms with Gasteiger partial charge in [-0.1, -0.05) is 20.8 Å². The van der Waals surface area contributed by atoms with Crippen molar-refractivity contribution in [2.24, 2.45) is 5.92 Å². The summed E-state index contributed by atoms with van der Waals surface area (Å²) < 4.78 is 9.02. The largest absolute Gasteiger partial charge is 0.468 e. The van der Waals surface area contributed by atoms with Crippen LogP contribution in [0.5, 0.6) is 0 Å². The van der Waals surface area contributed by atoms with E-state index >= 15 is 0 Å². The highest BCUT2D eigenvalue weighted by molar-refractivity contribution is 5.65. The second kappa shape index (κ2) is 12.9. The molecule has 0 saturated carbocycles. The van der Waals surface area contributed by atoms with E-state index in [1.54, 1.807) is 0 Å². The molecule has 4 heteroatoms. The number of rotatable bonds is 6. The zero-order chi connectivity index (χ0) is 12.1. The molecule has 0 bridgehead atoms. The van der Waals surface area contributed by atoms with E-state index in [4.69, 9.17) is 0 Å². The second-order valence-electron chi connectivity index (χ2n) is 3.49. The highest BCUT2D eigenvalue weighted by atomic mass is 16.5. The van der Waals surface area contributed by atoms with Crippen molar-refractivity contribution in [1.29, 1.82) is 0 Å². The molecule has 0 heterocycles. The van der Waals surface area contributed by atoms with Gasteiger partial charge in [-0.25, -0.2) is 0 Å². The molecule has 15 heavy (non-hydrogen) atoms. The Morgan fingerprint density at radius 3 is 2.20 bits per heavy atom. The molecule has 0 radical (unpaired) electrons. The van der Waals surface area contributed by atoms with Gasteiger partial charge < -0.3 is 9.47 Å². The lowest BCUT2D eigenvalue weighted by molar-refractivity contribution is -0.141. The van der Waals surface area contributed by atoms with Crippen LogP contribution in [-0.4, -0.2) is 25.7 Å². The fourth-order valence-electron chi connectivity index (χ4n) is 0.598. The molecule has 0 spiro atoms. The van der Waals surface area contributed by atoms with E-state index in [0.717, 1.165) is 12.8 Å². The van der Waals surface area contributed by atoms with E-state index < -0.39 is 0 Å². The summed E-state index contributed by atoms with van der Waals surface area (Å²) >= 11 is 0. The summed E-state index contributed by atoms with van der Waals surface area (Å²) in [5, 5.41) is 0. The first kappa shape index (κ1) is 16.4. The maximum atomic E-state index is 9.98. The van der Waals surface area contributed by atoms with Crippen LogP contribution in [0.25, 0.3) is 0 Å². The molecule has 0 aromatic rings. The Kier molecular flexibility index (Phi) is 14.1. The average molecular weight is 218 g/mol. The summed E-state index contributed by atoms with van der Waals surface area (Å²) in [6.07, 6.45) is 1.86. The van der Waals surface area contributed by atoms with Crippen LogP contribution in [0.2, 0.25) is 0 Å². The number of carbonyl (C=O) groups excluding carboxylic acids is 2. The summed E-state index contributed by atoms with van der Waals surface area (Å²) in [6, 6.07) is 0. The average Bonchev–Trinajstić information content (AvgIpc) is 2.15. The van der Waals surface area contributed by atoms with Crippen molar-refractivity contribution in [3.8, 4) is 0 Å². The van der Waals surface area contributed by atoms with Gasteiger partial charge in [0.2, 0.25) is 0 Å². The van der Waals surface area contributed by atoms with Crippen molar-refractivity contribution in [1.82, 2.24) is 0 Å². The molecule has 0 rings (SSSR count). The van der Waals surface area contributed by atoms with Crippen LogP contribution < -0.4 is 0 Å². The third kappa shape index (κ3) is 24.6. The predicted octanol–water partition coefficient (Wildman–Crippen LogP) is 2.17. The molecule has 0 amide bonds. The first-order valence-corrected chi connectivity index (χ1v) is 5.23. The van der Waals surface area contributed by atoms with Crippen molar-refractivity contribution < 1.29 is 19.1 Å². The first-order chi connectivity index (χ1) is 7.04. The van der Waals surface area contributed by atoms with Crippen LogP contribution in [0.3, 0.4) is 0 Å². The van der Waals surface area contributed by atoms with Gasteiger partial charge in [0.1, 0.15) is 0 Å². The van der Waals surface area contributed by atoms with E-state index in [1.165, 1.54) is 6.92 Å². The highest BCUT2D eigenvalue weighted by Crippen LogP contribution is 1.97. The number of hydrogen-bond acceptors (Lipinski definition) is 4. The third-order valence-corrected chi connectivity index (χ3v) is 1.39. The molecule has 4 nitrogen and oxygen atoms in total. The standard InChI is InChI=1S/C6H12O2.C5H10O2/c1-6(2)3-4-8-5-7;1-3-4-7-5(2)6/h5-6H,3-4H2,1-2H3;3-4H2,1-2H3. The number of hydrogen-bond donors (Lipinski definition) is 0. The molecule has 0 aromatic heterocycles. The number of carbonyl (C=O) groups is 2. The monoisotopic (exact) mass is 218 g/mol. The molecule has 0 unspecified atom stereocenters. The molecular weight excluding hydrogens is 196 g/mol. The molecule has 0 aliphatic rings. The van der Waals surface area contributed by atoms with Crippen LogP contribution in [0.1, 0.15) is 40.5 Å². The normalized spacial score (nSPS) is 8.87. The van der Waals surface area contributed by atoms with E-state index in [0.29, 0.717) is 25.6 Å². The summed E-state index contributed by atoms with van der Waals surface area (Å²) in [4.78, 5) is 19.5. The van der Waals surface area contributed by atoms with Crippen molar-refractivity contribution in [2.45, 2.75) is 40.5 Å². The van der Waals surface area contributed by atoms with E-state index in [-0.39, 0.29) is 5.97 Å². The Labute approximate surface area is 91.9 Å². The molecule has 0 saturated heterocycles. The fourth-order valence-corrected chi connectivity index (χ4v) is 0.598. The van der Waals surface area contributed by atoms with Crippen LogP contribution in [0, 0.1) is 5.92 Å². The predicted molar refractivity (Wildman–Crippen MR) is 58.4 cm³/mol. The molecular formula is C11H22O4. The SMILES string of the molecule is CC(C)CCOC=O.CCCOC(C)=O. The Morgan fingerprint density at radius 1 is 1.33 bits per heavy atom. The number of esters is 1. The van der Waals surface area contributed by atoms with Crippen LogP contribution >= 0.6 is 0 Å². The summed E-state index contributed by atoms with van der Waals surface area (Å²) in [5.41, 5.74) is 0. The Bertz CT molecular complexity index is 155. The minimum absolute atomic E-state index is 0.193. The van der Waals surface area contributed by atoms with Crippen molar-refractivity contribution in [3.05, 3.63) is 0 Å². The van der Waals surface area contributed by atoms with Crippen molar-refractivity contribution in [3.63, 3.8) is 0 Å². The third-order valence-electron chi connectivity index (χ3n) is 1.39. The van der Waals surface area contributed by atoms with Gasteiger partial charge in [-0.05, 0) is 18.8 Å². The molecule has 90 valence electrons. The van der Waals surface area contributed by atoms with Gasteiger partial charge in [-0.3, -0.25) is 9.59 Å². The minimum atomic E-state index is -0.193. The van der Waals surface area contributed by atoms with E-state index in [2.05, 4.69) is 23.3 Å². The maximum absolute atomic E-state index is 9.98. The van der Waals surface area contributed by atoms with Gasteiger partial charge in [0.25, 0.3) is 6.47 Å². The van der Waals surface area contributed by atoms with Gasteiger partial charge in [0.15, 0.2) is 0 Å². The fraction of sp³-hybridized carbons (Fsp3) is 0.818. The minimum Gasteiger partial charge on any atom is -0.468 e. The lowest BCUT2D eigenvalue weighted by Gasteiger charge is -2.00. The lowest BCUT2D eigenvalue weighted by Crippen LogP contribution is -1.98. The van der Waals surface area contributed by atoms with Gasteiger partial charge in [0.05, 0.1) is 13.2 Å². The molecule has 0 atom stereocenters. The smallest absolute Gasteiger partial charge is 0.302 e. The highest BCUT2D eigenvalue weighted by Gasteiger charge is 1.90. The lowest BCUT2D eigenvalue weighted by atomic mass is 10.1. The number of ether oxygens (including phenoxy) is 2. The summed E-state index contributed by atoms with van der Waals surface area (Å²) in [7, 11) is 0. The van der Waals surface area contributed by atoms with Gasteiger partial charge in [-0.2, -0.15) is 0 Å². The zero-order valence-electron chi connectivity index (χ0n) is 10.1. The van der Waals surface area contributed by atoms with Crippen LogP contribution in [0.15, 0.2) is 0 Å². The molecule has 0 aromatic carbocycles. The summed E-state index contributed by atoms with van der Waals surface area (Å²) in [6.45, 7) is 9.15. The van der Waals surface area contributed by atoms with Gasteiger partial charge in [-0.15, -0.1) is 0 Å². The van der Waals surface area contributed by atoms with Crippen LogP contribution in [-0.2, 0) is 19.1 Å². The topological polar surface area (TPSA) is 52.6 Å². The zero-order valence-corrected chi connectivity index (χ0v) is 10.1. The molecule has 0 aliphatic carbocycles. The Morgan fingerprint density at radius 2 is 1.93 bits per heavy atom. The maximum Gasteiger partial charge on any atom is 0.302 e. The quantitative estimate of drug-likeness (QED) is 0.389.